The highest BCUT2D eigenvalue weighted by molar-refractivity contribution is 6.35. The minimum absolute atomic E-state index is 0.0382. The van der Waals surface area contributed by atoms with E-state index in [0.717, 1.165) is 29.7 Å². The summed E-state index contributed by atoms with van der Waals surface area (Å²) in [6.07, 6.45) is 3.20. The lowest BCUT2D eigenvalue weighted by Gasteiger charge is -2.10. The number of hydrazone groups is 1. The van der Waals surface area contributed by atoms with Gasteiger partial charge in [-0.15, -0.1) is 0 Å². The van der Waals surface area contributed by atoms with Crippen molar-refractivity contribution in [2.24, 2.45) is 5.10 Å². The number of hydrogen-bond donors (Lipinski definition) is 3. The maximum Gasteiger partial charge on any atom is 0.329 e. The Balaban J connectivity index is 1.39. The van der Waals surface area contributed by atoms with Crippen LogP contribution >= 0.6 is 0 Å². The lowest BCUT2D eigenvalue weighted by molar-refractivity contribution is -0.139. The summed E-state index contributed by atoms with van der Waals surface area (Å²) in [5.41, 5.74) is 5.67. The summed E-state index contributed by atoms with van der Waals surface area (Å²) in [4.78, 5) is 35.7. The van der Waals surface area contributed by atoms with E-state index in [4.69, 9.17) is 9.47 Å². The molecular formula is C24H28N4O5. The van der Waals surface area contributed by atoms with Crippen LogP contribution in [0.25, 0.3) is 0 Å². The van der Waals surface area contributed by atoms with Crippen LogP contribution in [0.3, 0.4) is 0 Å². The van der Waals surface area contributed by atoms with E-state index in [0.29, 0.717) is 24.5 Å². The fraction of sp³-hybridized carbons (Fsp3) is 0.333. The lowest BCUT2D eigenvalue weighted by Crippen LogP contribution is -2.41. The van der Waals surface area contributed by atoms with E-state index in [2.05, 4.69) is 21.2 Å². The van der Waals surface area contributed by atoms with Crippen LogP contribution in [0.15, 0.2) is 47.6 Å². The van der Waals surface area contributed by atoms with Crippen LogP contribution in [-0.4, -0.2) is 49.8 Å². The molecule has 2 aromatic carbocycles. The number of benzene rings is 2. The minimum Gasteiger partial charge on any atom is -0.484 e. The quantitative estimate of drug-likeness (QED) is 0.322. The van der Waals surface area contributed by atoms with Gasteiger partial charge in [0.05, 0.1) is 12.3 Å². The first-order valence-corrected chi connectivity index (χ1v) is 10.7. The standard InChI is InChI=1S/C24H28N4O5/c1-16-5-6-17(2)21(12-16)27-22(29)15-33-19-9-7-18(8-10-19)13-26-28-24(31)23(30)25-14-20-4-3-11-32-20/h5-10,12-13,20H,3-4,11,14-15H2,1-2H3,(H,25,30)(H,27,29)(H,28,31)/b26-13-/t20-/m1/s1. The van der Waals surface area contributed by atoms with Crippen molar-refractivity contribution in [1.29, 1.82) is 0 Å². The number of carbonyl (C=O) groups is 3. The first-order chi connectivity index (χ1) is 15.9. The highest BCUT2D eigenvalue weighted by atomic mass is 16.5. The topological polar surface area (TPSA) is 118 Å². The van der Waals surface area contributed by atoms with Gasteiger partial charge in [-0.05, 0) is 73.7 Å². The molecule has 1 aliphatic heterocycles. The second-order valence-electron chi connectivity index (χ2n) is 7.77. The van der Waals surface area contributed by atoms with E-state index in [1.807, 2.05) is 32.0 Å². The normalized spacial score (nSPS) is 15.3. The van der Waals surface area contributed by atoms with Crippen molar-refractivity contribution in [2.75, 3.05) is 25.1 Å². The van der Waals surface area contributed by atoms with Crippen molar-refractivity contribution in [3.05, 3.63) is 59.2 Å². The number of anilines is 1. The first kappa shape index (κ1) is 23.9. The van der Waals surface area contributed by atoms with Crippen molar-refractivity contribution >= 4 is 29.6 Å². The number of nitrogens with zero attached hydrogens (tertiary/aromatic N) is 1. The van der Waals surface area contributed by atoms with E-state index in [9.17, 15) is 14.4 Å². The van der Waals surface area contributed by atoms with Gasteiger partial charge in [-0.25, -0.2) is 5.43 Å². The Morgan fingerprint density at radius 3 is 2.64 bits per heavy atom. The third-order valence-corrected chi connectivity index (χ3v) is 5.02. The van der Waals surface area contributed by atoms with Gasteiger partial charge in [0.1, 0.15) is 5.75 Å². The van der Waals surface area contributed by atoms with Crippen LogP contribution in [-0.2, 0) is 19.1 Å². The summed E-state index contributed by atoms with van der Waals surface area (Å²) in [5, 5.41) is 9.15. The maximum atomic E-state index is 12.2. The molecule has 1 fully saturated rings. The fourth-order valence-electron chi connectivity index (χ4n) is 3.16. The molecule has 3 rings (SSSR count). The maximum absolute atomic E-state index is 12.2. The van der Waals surface area contributed by atoms with E-state index in [1.165, 1.54) is 6.21 Å². The second-order valence-corrected chi connectivity index (χ2v) is 7.77. The molecule has 1 heterocycles. The first-order valence-electron chi connectivity index (χ1n) is 10.7. The molecule has 1 atom stereocenters. The summed E-state index contributed by atoms with van der Waals surface area (Å²) < 4.78 is 10.9. The third kappa shape index (κ3) is 7.73. The van der Waals surface area contributed by atoms with Crippen LogP contribution < -0.4 is 20.8 Å². The molecule has 0 radical (unpaired) electrons. The molecule has 174 valence electrons. The summed E-state index contributed by atoms with van der Waals surface area (Å²) >= 11 is 0. The number of nitrogens with one attached hydrogen (secondary N) is 3. The summed E-state index contributed by atoms with van der Waals surface area (Å²) in [6, 6.07) is 12.6. The predicted octanol–water partition coefficient (Wildman–Crippen LogP) is 2.07. The van der Waals surface area contributed by atoms with Gasteiger partial charge in [0.15, 0.2) is 6.61 Å². The number of amides is 3. The number of rotatable bonds is 8. The molecule has 9 heteroatoms. The van der Waals surface area contributed by atoms with Gasteiger partial charge >= 0.3 is 11.8 Å². The summed E-state index contributed by atoms with van der Waals surface area (Å²) in [7, 11) is 0. The highest BCUT2D eigenvalue weighted by Gasteiger charge is 2.18. The Bertz CT molecular complexity index is 1010. The molecular weight excluding hydrogens is 424 g/mol. The van der Waals surface area contributed by atoms with Crippen LogP contribution in [0.5, 0.6) is 5.75 Å². The summed E-state index contributed by atoms with van der Waals surface area (Å²) in [6.45, 7) is 4.75. The zero-order chi connectivity index (χ0) is 23.6. The lowest BCUT2D eigenvalue weighted by atomic mass is 10.1. The van der Waals surface area contributed by atoms with E-state index < -0.39 is 11.8 Å². The average Bonchev–Trinajstić information content (AvgIpc) is 3.33. The molecule has 0 spiro atoms. The molecule has 0 bridgehead atoms. The Morgan fingerprint density at radius 2 is 1.91 bits per heavy atom. The van der Waals surface area contributed by atoms with Crippen molar-refractivity contribution < 1.29 is 23.9 Å². The van der Waals surface area contributed by atoms with Gasteiger partial charge in [-0.2, -0.15) is 5.10 Å². The van der Waals surface area contributed by atoms with Gasteiger partial charge in [-0.3, -0.25) is 14.4 Å². The van der Waals surface area contributed by atoms with Gasteiger partial charge in [0.25, 0.3) is 5.91 Å². The zero-order valence-electron chi connectivity index (χ0n) is 18.7. The van der Waals surface area contributed by atoms with Crippen LogP contribution in [0.4, 0.5) is 5.69 Å². The second kappa shape index (κ2) is 11.8. The molecule has 9 nitrogen and oxygen atoms in total. The van der Waals surface area contributed by atoms with E-state index in [1.54, 1.807) is 24.3 Å². The van der Waals surface area contributed by atoms with Crippen molar-refractivity contribution in [1.82, 2.24) is 10.7 Å². The molecule has 2 aromatic rings. The Labute approximate surface area is 192 Å². The molecule has 33 heavy (non-hydrogen) atoms. The van der Waals surface area contributed by atoms with Crippen molar-refractivity contribution in [3.63, 3.8) is 0 Å². The van der Waals surface area contributed by atoms with Crippen molar-refractivity contribution in [3.8, 4) is 5.75 Å². The highest BCUT2D eigenvalue weighted by Crippen LogP contribution is 2.17. The van der Waals surface area contributed by atoms with Gasteiger partial charge < -0.3 is 20.1 Å². The van der Waals surface area contributed by atoms with Crippen molar-refractivity contribution in [2.45, 2.75) is 32.8 Å². The Morgan fingerprint density at radius 1 is 1.12 bits per heavy atom. The SMILES string of the molecule is Cc1ccc(C)c(NC(=O)COc2ccc(/C=N\NC(=O)C(=O)NC[C@H]3CCCO3)cc2)c1. The Kier molecular flexibility index (Phi) is 8.54. The zero-order valence-corrected chi connectivity index (χ0v) is 18.7. The number of ether oxygens (including phenoxy) is 2. The molecule has 3 amide bonds. The van der Waals surface area contributed by atoms with E-state index in [-0.39, 0.29) is 18.6 Å². The van der Waals surface area contributed by atoms with Gasteiger partial charge in [0.2, 0.25) is 0 Å². The fourth-order valence-corrected chi connectivity index (χ4v) is 3.16. The Hall–Kier alpha value is -3.72. The van der Waals surface area contributed by atoms with Gasteiger partial charge in [-0.1, -0.05) is 12.1 Å². The average molecular weight is 453 g/mol. The number of carbonyl (C=O) groups excluding carboxylic acids is 3. The van der Waals surface area contributed by atoms with Gasteiger partial charge in [0, 0.05) is 18.8 Å². The molecule has 0 saturated carbocycles. The molecule has 3 N–H and O–H groups in total. The number of hydrogen-bond acceptors (Lipinski definition) is 6. The molecule has 1 saturated heterocycles. The minimum atomic E-state index is -0.848. The molecule has 0 aromatic heterocycles. The molecule has 0 unspecified atom stereocenters. The monoisotopic (exact) mass is 452 g/mol. The van der Waals surface area contributed by atoms with Crippen LogP contribution in [0.2, 0.25) is 0 Å². The van der Waals surface area contributed by atoms with Crippen LogP contribution in [0, 0.1) is 13.8 Å². The largest absolute Gasteiger partial charge is 0.484 e. The smallest absolute Gasteiger partial charge is 0.329 e. The predicted molar refractivity (Wildman–Crippen MR) is 124 cm³/mol. The molecule has 1 aliphatic rings. The van der Waals surface area contributed by atoms with E-state index >= 15 is 0 Å². The number of aryl methyl sites for hydroxylation is 2. The third-order valence-electron chi connectivity index (χ3n) is 5.02. The summed E-state index contributed by atoms with van der Waals surface area (Å²) in [5.74, 6) is -1.35. The van der Waals surface area contributed by atoms with Crippen LogP contribution in [0.1, 0.15) is 29.5 Å². The molecule has 0 aliphatic carbocycles.